The first-order chi connectivity index (χ1) is 10.7. The fraction of sp³-hybridized carbons (Fsp3) is 0.176. The molecule has 0 unspecified atom stereocenters. The van der Waals surface area contributed by atoms with Crippen LogP contribution in [0.1, 0.15) is 16.7 Å². The Labute approximate surface area is 129 Å². The van der Waals surface area contributed by atoms with E-state index < -0.39 is 11.8 Å². The molecular weight excluding hydrogens is 278 g/mol. The van der Waals surface area contributed by atoms with Crippen LogP contribution in [0.5, 0.6) is 0 Å². The quantitative estimate of drug-likeness (QED) is 0.722. The normalized spacial score (nSPS) is 10.0. The maximum atomic E-state index is 11.7. The van der Waals surface area contributed by atoms with Crippen molar-refractivity contribution < 1.29 is 9.59 Å². The van der Waals surface area contributed by atoms with Crippen molar-refractivity contribution >= 4 is 11.8 Å². The molecule has 0 saturated heterocycles. The molecule has 2 aromatic rings. The Morgan fingerprint density at radius 1 is 0.773 bits per heavy atom. The van der Waals surface area contributed by atoms with Crippen LogP contribution in [0.4, 0.5) is 0 Å². The van der Waals surface area contributed by atoms with Crippen LogP contribution in [0.2, 0.25) is 0 Å². The molecule has 0 aliphatic rings. The summed E-state index contributed by atoms with van der Waals surface area (Å²) in [6, 6.07) is 17.0. The molecule has 5 nitrogen and oxygen atoms in total. The van der Waals surface area contributed by atoms with Crippen LogP contribution in [-0.2, 0) is 29.2 Å². The average molecular weight is 297 g/mol. The van der Waals surface area contributed by atoms with E-state index in [9.17, 15) is 9.59 Å². The zero-order valence-corrected chi connectivity index (χ0v) is 12.2. The third-order valence-corrected chi connectivity index (χ3v) is 3.18. The summed E-state index contributed by atoms with van der Waals surface area (Å²) in [4.78, 5) is 23.5. The second kappa shape index (κ2) is 7.95. The van der Waals surface area contributed by atoms with E-state index in [0.29, 0.717) is 19.6 Å². The number of hydrogen-bond donors (Lipinski definition) is 3. The number of carbonyl (C=O) groups excluding carboxylic acids is 2. The Bertz CT molecular complexity index is 641. The molecule has 0 aliphatic carbocycles. The van der Waals surface area contributed by atoms with Gasteiger partial charge in [-0.05, 0) is 16.7 Å². The second-order valence-electron chi connectivity index (χ2n) is 4.88. The highest BCUT2D eigenvalue weighted by Crippen LogP contribution is 2.04. The van der Waals surface area contributed by atoms with Crippen LogP contribution in [0, 0.1) is 0 Å². The lowest BCUT2D eigenvalue weighted by atomic mass is 10.1. The van der Waals surface area contributed by atoms with E-state index in [1.165, 1.54) is 0 Å². The van der Waals surface area contributed by atoms with Crippen molar-refractivity contribution in [3.63, 3.8) is 0 Å². The zero-order chi connectivity index (χ0) is 15.8. The minimum atomic E-state index is -0.644. The van der Waals surface area contributed by atoms with Gasteiger partial charge in [0.25, 0.3) is 0 Å². The van der Waals surface area contributed by atoms with Crippen molar-refractivity contribution in [2.75, 3.05) is 0 Å². The first-order valence-corrected chi connectivity index (χ1v) is 7.07. The highest BCUT2D eigenvalue weighted by molar-refractivity contribution is 6.35. The predicted octanol–water partition coefficient (Wildman–Crippen LogP) is 1.08. The molecule has 0 spiro atoms. The van der Waals surface area contributed by atoms with Crippen molar-refractivity contribution in [3.05, 3.63) is 71.3 Å². The average Bonchev–Trinajstić information content (AvgIpc) is 2.58. The van der Waals surface area contributed by atoms with Gasteiger partial charge in [0.2, 0.25) is 0 Å². The van der Waals surface area contributed by atoms with E-state index in [1.54, 1.807) is 0 Å². The lowest BCUT2D eigenvalue weighted by Crippen LogP contribution is -2.39. The minimum Gasteiger partial charge on any atom is -0.344 e. The van der Waals surface area contributed by atoms with Crippen LogP contribution < -0.4 is 16.4 Å². The van der Waals surface area contributed by atoms with E-state index in [4.69, 9.17) is 5.73 Å². The smallest absolute Gasteiger partial charge is 0.309 e. The zero-order valence-electron chi connectivity index (χ0n) is 12.2. The molecule has 0 heterocycles. The maximum absolute atomic E-state index is 11.7. The van der Waals surface area contributed by atoms with E-state index in [1.807, 2.05) is 54.6 Å². The summed E-state index contributed by atoms with van der Waals surface area (Å²) in [6.07, 6.45) is 0. The molecule has 22 heavy (non-hydrogen) atoms. The van der Waals surface area contributed by atoms with E-state index in [0.717, 1.165) is 16.7 Å². The van der Waals surface area contributed by atoms with Gasteiger partial charge in [0.05, 0.1) is 0 Å². The molecule has 0 radical (unpaired) electrons. The summed E-state index contributed by atoms with van der Waals surface area (Å²) < 4.78 is 0. The molecule has 0 bridgehead atoms. The number of amides is 2. The van der Waals surface area contributed by atoms with Crippen LogP contribution in [0.3, 0.4) is 0 Å². The van der Waals surface area contributed by atoms with E-state index in [-0.39, 0.29) is 0 Å². The molecule has 114 valence electrons. The van der Waals surface area contributed by atoms with Crippen molar-refractivity contribution in [1.29, 1.82) is 0 Å². The summed E-state index contributed by atoms with van der Waals surface area (Å²) in [5, 5.41) is 5.18. The lowest BCUT2D eigenvalue weighted by Gasteiger charge is -2.07. The van der Waals surface area contributed by atoms with Gasteiger partial charge in [-0.3, -0.25) is 9.59 Å². The van der Waals surface area contributed by atoms with Crippen LogP contribution >= 0.6 is 0 Å². The molecule has 2 rings (SSSR count). The van der Waals surface area contributed by atoms with Crippen LogP contribution in [-0.4, -0.2) is 11.8 Å². The SMILES string of the molecule is NCc1cccc(CNC(=O)C(=O)NCc2ccccc2)c1. The molecule has 4 N–H and O–H groups in total. The maximum Gasteiger partial charge on any atom is 0.309 e. The van der Waals surface area contributed by atoms with Crippen molar-refractivity contribution in [2.45, 2.75) is 19.6 Å². The largest absolute Gasteiger partial charge is 0.344 e. The third kappa shape index (κ3) is 4.71. The number of hydrogen-bond acceptors (Lipinski definition) is 3. The van der Waals surface area contributed by atoms with Gasteiger partial charge < -0.3 is 16.4 Å². The highest BCUT2D eigenvalue weighted by atomic mass is 16.2. The van der Waals surface area contributed by atoms with Gasteiger partial charge in [0.1, 0.15) is 0 Å². The van der Waals surface area contributed by atoms with Crippen molar-refractivity contribution in [3.8, 4) is 0 Å². The summed E-state index contributed by atoms with van der Waals surface area (Å²) in [7, 11) is 0. The Hall–Kier alpha value is -2.66. The third-order valence-electron chi connectivity index (χ3n) is 3.18. The fourth-order valence-corrected chi connectivity index (χ4v) is 1.99. The first-order valence-electron chi connectivity index (χ1n) is 7.07. The fourth-order valence-electron chi connectivity index (χ4n) is 1.99. The van der Waals surface area contributed by atoms with Gasteiger partial charge in [-0.25, -0.2) is 0 Å². The summed E-state index contributed by atoms with van der Waals surface area (Å²) in [5.74, 6) is -1.28. The van der Waals surface area contributed by atoms with Gasteiger partial charge in [0, 0.05) is 19.6 Å². The standard InChI is InChI=1S/C17H19N3O2/c18-10-14-7-4-8-15(9-14)12-20-17(22)16(21)19-11-13-5-2-1-3-6-13/h1-9H,10-12,18H2,(H,19,21)(H,20,22). The minimum absolute atomic E-state index is 0.297. The Kier molecular flexibility index (Phi) is 5.68. The summed E-state index contributed by atoms with van der Waals surface area (Å²) >= 11 is 0. The van der Waals surface area contributed by atoms with Crippen molar-refractivity contribution in [2.24, 2.45) is 5.73 Å². The number of nitrogens with one attached hydrogen (secondary N) is 2. The van der Waals surface area contributed by atoms with Gasteiger partial charge >= 0.3 is 11.8 Å². The van der Waals surface area contributed by atoms with Gasteiger partial charge in [-0.15, -0.1) is 0 Å². The van der Waals surface area contributed by atoms with E-state index >= 15 is 0 Å². The van der Waals surface area contributed by atoms with Crippen molar-refractivity contribution in [1.82, 2.24) is 10.6 Å². The Balaban J connectivity index is 1.80. The Morgan fingerprint density at radius 3 is 1.95 bits per heavy atom. The first kappa shape index (κ1) is 15.7. The molecule has 2 amide bonds. The molecule has 0 aromatic heterocycles. The number of carbonyl (C=O) groups is 2. The molecule has 5 heteroatoms. The van der Waals surface area contributed by atoms with E-state index in [2.05, 4.69) is 10.6 Å². The number of nitrogens with two attached hydrogens (primary N) is 1. The molecule has 0 atom stereocenters. The topological polar surface area (TPSA) is 84.2 Å². The van der Waals surface area contributed by atoms with Crippen LogP contribution in [0.25, 0.3) is 0 Å². The second-order valence-corrected chi connectivity index (χ2v) is 4.88. The summed E-state index contributed by atoms with van der Waals surface area (Å²) in [6.45, 7) is 1.07. The highest BCUT2D eigenvalue weighted by Gasteiger charge is 2.12. The lowest BCUT2D eigenvalue weighted by molar-refractivity contribution is -0.139. The summed E-state index contributed by atoms with van der Waals surface area (Å²) in [5.41, 5.74) is 8.41. The molecule has 0 saturated carbocycles. The molecule has 0 aliphatic heterocycles. The van der Waals surface area contributed by atoms with Gasteiger partial charge in [0.15, 0.2) is 0 Å². The molecular formula is C17H19N3O2. The molecule has 0 fully saturated rings. The van der Waals surface area contributed by atoms with Crippen LogP contribution in [0.15, 0.2) is 54.6 Å². The molecule has 2 aromatic carbocycles. The Morgan fingerprint density at radius 2 is 1.32 bits per heavy atom. The number of rotatable bonds is 5. The monoisotopic (exact) mass is 297 g/mol. The van der Waals surface area contributed by atoms with Gasteiger partial charge in [-0.2, -0.15) is 0 Å². The number of benzene rings is 2. The predicted molar refractivity (Wildman–Crippen MR) is 84.5 cm³/mol. The van der Waals surface area contributed by atoms with Gasteiger partial charge in [-0.1, -0.05) is 54.6 Å².